The molecule has 0 aliphatic carbocycles. The van der Waals surface area contributed by atoms with E-state index in [-0.39, 0.29) is 5.97 Å². The van der Waals surface area contributed by atoms with Crippen molar-refractivity contribution >= 4 is 23.0 Å². The molecule has 22 heavy (non-hydrogen) atoms. The van der Waals surface area contributed by atoms with Crippen molar-refractivity contribution in [1.82, 2.24) is 9.97 Å². The fraction of sp³-hybridized carbons (Fsp3) is 0.176. The zero-order valence-corrected chi connectivity index (χ0v) is 12.3. The predicted octanol–water partition coefficient (Wildman–Crippen LogP) is 3.35. The van der Waals surface area contributed by atoms with E-state index in [4.69, 9.17) is 4.74 Å². The number of H-pyrrole nitrogens is 1. The molecule has 5 nitrogen and oxygen atoms in total. The van der Waals surface area contributed by atoms with Gasteiger partial charge >= 0.3 is 5.97 Å². The Kier molecular flexibility index (Phi) is 4.05. The van der Waals surface area contributed by atoms with E-state index in [0.29, 0.717) is 24.7 Å². The first-order valence-corrected chi connectivity index (χ1v) is 7.21. The summed E-state index contributed by atoms with van der Waals surface area (Å²) in [6, 6.07) is 15.4. The van der Waals surface area contributed by atoms with Gasteiger partial charge in [0.2, 0.25) is 5.95 Å². The number of aromatic nitrogens is 2. The molecule has 1 heterocycles. The van der Waals surface area contributed by atoms with Gasteiger partial charge in [-0.15, -0.1) is 0 Å². The predicted molar refractivity (Wildman–Crippen MR) is 85.8 cm³/mol. The van der Waals surface area contributed by atoms with Crippen LogP contribution in [0, 0.1) is 0 Å². The molecule has 0 radical (unpaired) electrons. The lowest BCUT2D eigenvalue weighted by Crippen LogP contribution is -2.04. The first-order valence-electron chi connectivity index (χ1n) is 7.21. The van der Waals surface area contributed by atoms with E-state index in [1.165, 1.54) is 5.56 Å². The summed E-state index contributed by atoms with van der Waals surface area (Å²) in [5.74, 6) is 0.359. The standard InChI is InChI=1S/C17H17N3O2/c1-2-22-16(21)13-8-9-14-15(10-13)20-17(19-14)18-11-12-6-4-3-5-7-12/h3-10H,2,11H2,1H3,(H2,18,19,20). The van der Waals surface area contributed by atoms with Crippen LogP contribution in [0.5, 0.6) is 0 Å². The Labute approximate surface area is 128 Å². The topological polar surface area (TPSA) is 67.0 Å². The summed E-state index contributed by atoms with van der Waals surface area (Å²) in [5, 5.41) is 3.24. The number of anilines is 1. The van der Waals surface area contributed by atoms with Crippen molar-refractivity contribution in [2.45, 2.75) is 13.5 Å². The van der Waals surface area contributed by atoms with Crippen molar-refractivity contribution < 1.29 is 9.53 Å². The fourth-order valence-corrected chi connectivity index (χ4v) is 2.22. The smallest absolute Gasteiger partial charge is 0.338 e. The highest BCUT2D eigenvalue weighted by Crippen LogP contribution is 2.17. The van der Waals surface area contributed by atoms with E-state index in [9.17, 15) is 4.79 Å². The van der Waals surface area contributed by atoms with E-state index in [0.717, 1.165) is 11.0 Å². The molecule has 112 valence electrons. The molecule has 3 aromatic rings. The number of hydrogen-bond donors (Lipinski definition) is 2. The largest absolute Gasteiger partial charge is 0.462 e. The van der Waals surface area contributed by atoms with Crippen LogP contribution in [0.2, 0.25) is 0 Å². The van der Waals surface area contributed by atoms with Crippen LogP contribution >= 0.6 is 0 Å². The third kappa shape index (κ3) is 3.09. The molecule has 0 fully saturated rings. The molecule has 2 N–H and O–H groups in total. The SMILES string of the molecule is CCOC(=O)c1ccc2nc(NCc3ccccc3)[nH]c2c1. The number of benzene rings is 2. The fourth-order valence-electron chi connectivity index (χ4n) is 2.22. The Morgan fingerprint density at radius 3 is 2.82 bits per heavy atom. The van der Waals surface area contributed by atoms with Gasteiger partial charge in [-0.25, -0.2) is 9.78 Å². The van der Waals surface area contributed by atoms with Crippen LogP contribution in [0.15, 0.2) is 48.5 Å². The average molecular weight is 295 g/mol. The summed E-state index contributed by atoms with van der Waals surface area (Å²) in [5.41, 5.74) is 3.31. The molecular formula is C17H17N3O2. The maximum Gasteiger partial charge on any atom is 0.338 e. The Balaban J connectivity index is 1.76. The third-order valence-electron chi connectivity index (χ3n) is 3.30. The number of aromatic amines is 1. The van der Waals surface area contributed by atoms with Gasteiger partial charge in [-0.1, -0.05) is 30.3 Å². The Morgan fingerprint density at radius 1 is 1.23 bits per heavy atom. The highest BCUT2D eigenvalue weighted by molar-refractivity contribution is 5.94. The Hall–Kier alpha value is -2.82. The number of nitrogens with zero attached hydrogens (tertiary/aromatic N) is 1. The van der Waals surface area contributed by atoms with Crippen LogP contribution in [0.25, 0.3) is 11.0 Å². The maximum absolute atomic E-state index is 11.7. The first kappa shape index (κ1) is 14.1. The van der Waals surface area contributed by atoms with Crippen LogP contribution in [0.1, 0.15) is 22.8 Å². The van der Waals surface area contributed by atoms with Crippen molar-refractivity contribution in [3.8, 4) is 0 Å². The molecule has 0 bridgehead atoms. The van der Waals surface area contributed by atoms with Gasteiger partial charge in [0.25, 0.3) is 0 Å². The van der Waals surface area contributed by atoms with E-state index in [1.807, 2.05) is 24.3 Å². The lowest BCUT2D eigenvalue weighted by molar-refractivity contribution is 0.0526. The van der Waals surface area contributed by atoms with Gasteiger partial charge < -0.3 is 15.0 Å². The van der Waals surface area contributed by atoms with Gasteiger partial charge in [0.05, 0.1) is 23.2 Å². The Morgan fingerprint density at radius 2 is 2.05 bits per heavy atom. The average Bonchev–Trinajstić information content (AvgIpc) is 2.96. The molecule has 1 aromatic heterocycles. The third-order valence-corrected chi connectivity index (χ3v) is 3.30. The van der Waals surface area contributed by atoms with Crippen molar-refractivity contribution in [3.05, 3.63) is 59.7 Å². The molecule has 0 spiro atoms. The monoisotopic (exact) mass is 295 g/mol. The molecule has 0 amide bonds. The minimum Gasteiger partial charge on any atom is -0.462 e. The summed E-state index contributed by atoms with van der Waals surface area (Å²) in [7, 11) is 0. The number of carbonyl (C=O) groups is 1. The van der Waals surface area contributed by atoms with Crippen LogP contribution in [0.3, 0.4) is 0 Å². The number of nitrogens with one attached hydrogen (secondary N) is 2. The van der Waals surface area contributed by atoms with E-state index in [1.54, 1.807) is 19.1 Å². The summed E-state index contributed by atoms with van der Waals surface area (Å²) >= 11 is 0. The van der Waals surface area contributed by atoms with E-state index < -0.39 is 0 Å². The zero-order chi connectivity index (χ0) is 15.4. The molecule has 0 unspecified atom stereocenters. The second-order valence-corrected chi connectivity index (χ2v) is 4.88. The van der Waals surface area contributed by atoms with Gasteiger partial charge in [-0.2, -0.15) is 0 Å². The van der Waals surface area contributed by atoms with E-state index >= 15 is 0 Å². The minimum absolute atomic E-state index is 0.321. The lowest BCUT2D eigenvalue weighted by Gasteiger charge is -2.02. The van der Waals surface area contributed by atoms with Crippen LogP contribution in [-0.4, -0.2) is 22.5 Å². The maximum atomic E-state index is 11.7. The molecule has 2 aromatic carbocycles. The molecular weight excluding hydrogens is 278 g/mol. The molecule has 0 saturated carbocycles. The highest BCUT2D eigenvalue weighted by Gasteiger charge is 2.09. The molecule has 0 atom stereocenters. The van der Waals surface area contributed by atoms with Crippen LogP contribution in [-0.2, 0) is 11.3 Å². The number of esters is 1. The number of rotatable bonds is 5. The number of carbonyl (C=O) groups excluding carboxylic acids is 1. The van der Waals surface area contributed by atoms with Gasteiger partial charge in [-0.05, 0) is 30.7 Å². The highest BCUT2D eigenvalue weighted by atomic mass is 16.5. The van der Waals surface area contributed by atoms with Crippen LogP contribution < -0.4 is 5.32 Å². The summed E-state index contributed by atoms with van der Waals surface area (Å²) in [4.78, 5) is 19.4. The van der Waals surface area contributed by atoms with Crippen molar-refractivity contribution in [1.29, 1.82) is 0 Å². The number of ether oxygens (including phenoxy) is 1. The number of imidazole rings is 1. The van der Waals surface area contributed by atoms with E-state index in [2.05, 4.69) is 27.4 Å². The normalized spacial score (nSPS) is 10.6. The van der Waals surface area contributed by atoms with Crippen LogP contribution in [0.4, 0.5) is 5.95 Å². The second kappa shape index (κ2) is 6.30. The van der Waals surface area contributed by atoms with Gasteiger partial charge in [0.1, 0.15) is 0 Å². The molecule has 3 rings (SSSR count). The second-order valence-electron chi connectivity index (χ2n) is 4.88. The zero-order valence-electron chi connectivity index (χ0n) is 12.3. The summed E-state index contributed by atoms with van der Waals surface area (Å²) < 4.78 is 5.00. The van der Waals surface area contributed by atoms with Crippen molar-refractivity contribution in [2.24, 2.45) is 0 Å². The molecule has 0 saturated heterocycles. The van der Waals surface area contributed by atoms with Gasteiger partial charge in [0.15, 0.2) is 0 Å². The van der Waals surface area contributed by atoms with Crippen molar-refractivity contribution in [2.75, 3.05) is 11.9 Å². The molecule has 0 aliphatic heterocycles. The summed E-state index contributed by atoms with van der Waals surface area (Å²) in [6.45, 7) is 2.84. The first-order chi connectivity index (χ1) is 10.8. The van der Waals surface area contributed by atoms with Gasteiger partial charge in [0, 0.05) is 6.54 Å². The Bertz CT molecular complexity index is 781. The van der Waals surface area contributed by atoms with Gasteiger partial charge in [-0.3, -0.25) is 0 Å². The molecule has 5 heteroatoms. The summed E-state index contributed by atoms with van der Waals surface area (Å²) in [6.07, 6.45) is 0. The quantitative estimate of drug-likeness (QED) is 0.708. The lowest BCUT2D eigenvalue weighted by atomic mass is 10.2. The minimum atomic E-state index is -0.321. The molecule has 0 aliphatic rings. The number of hydrogen-bond acceptors (Lipinski definition) is 4. The number of fused-ring (bicyclic) bond motifs is 1. The van der Waals surface area contributed by atoms with Crippen molar-refractivity contribution in [3.63, 3.8) is 0 Å².